The standard InChI is InChI=1S/C21H39NO2/c1-3-5-7-9-11-13-15-18-17-19(21(24)22-20(18)23)16-14-12-10-8-6-4-2/h18-19H,3-17H2,1-2H3,(H,22,23,24). The number of imide groups is 1. The van der Waals surface area contributed by atoms with Gasteiger partial charge in [0, 0.05) is 11.8 Å². The summed E-state index contributed by atoms with van der Waals surface area (Å²) in [6.45, 7) is 4.46. The van der Waals surface area contributed by atoms with E-state index in [1.807, 2.05) is 0 Å². The van der Waals surface area contributed by atoms with Crippen LogP contribution in [-0.2, 0) is 9.59 Å². The topological polar surface area (TPSA) is 46.2 Å². The SMILES string of the molecule is CCCCCCCCC1CC(CCCCCCCC)C(=O)NC1=O. The highest BCUT2D eigenvalue weighted by molar-refractivity contribution is 5.99. The molecule has 0 radical (unpaired) electrons. The fourth-order valence-electron chi connectivity index (χ4n) is 3.72. The maximum absolute atomic E-state index is 12.0. The maximum Gasteiger partial charge on any atom is 0.229 e. The Balaban J connectivity index is 2.20. The van der Waals surface area contributed by atoms with Gasteiger partial charge in [-0.25, -0.2) is 0 Å². The van der Waals surface area contributed by atoms with Gasteiger partial charge in [0.25, 0.3) is 0 Å². The molecule has 1 N–H and O–H groups in total. The van der Waals surface area contributed by atoms with Crippen LogP contribution < -0.4 is 5.32 Å². The summed E-state index contributed by atoms with van der Waals surface area (Å²) in [4.78, 5) is 24.1. The van der Waals surface area contributed by atoms with Gasteiger partial charge in [-0.1, -0.05) is 90.9 Å². The van der Waals surface area contributed by atoms with E-state index in [9.17, 15) is 9.59 Å². The van der Waals surface area contributed by atoms with Crippen LogP contribution in [0.4, 0.5) is 0 Å². The number of piperidine rings is 1. The molecule has 0 aromatic carbocycles. The summed E-state index contributed by atoms with van der Waals surface area (Å²) in [7, 11) is 0. The van der Waals surface area contributed by atoms with Crippen molar-refractivity contribution in [3.8, 4) is 0 Å². The molecule has 1 fully saturated rings. The van der Waals surface area contributed by atoms with Crippen LogP contribution in [0.5, 0.6) is 0 Å². The van der Waals surface area contributed by atoms with Crippen molar-refractivity contribution in [2.24, 2.45) is 11.8 Å². The first-order valence-corrected chi connectivity index (χ1v) is 10.5. The first-order chi connectivity index (χ1) is 11.7. The Labute approximate surface area is 149 Å². The van der Waals surface area contributed by atoms with E-state index in [0.29, 0.717) is 0 Å². The number of rotatable bonds is 14. The van der Waals surface area contributed by atoms with E-state index in [-0.39, 0.29) is 23.7 Å². The normalized spacial score (nSPS) is 21.1. The molecule has 0 bridgehead atoms. The predicted molar refractivity (Wildman–Crippen MR) is 101 cm³/mol. The molecular formula is C21H39NO2. The number of carbonyl (C=O) groups is 2. The summed E-state index contributed by atoms with van der Waals surface area (Å²) in [5, 5.41) is 2.62. The molecule has 2 amide bonds. The van der Waals surface area contributed by atoms with Crippen LogP contribution in [0.3, 0.4) is 0 Å². The number of nitrogens with one attached hydrogen (secondary N) is 1. The summed E-state index contributed by atoms with van der Waals surface area (Å²) in [6, 6.07) is 0. The Kier molecular flexibility index (Phi) is 11.9. The Hall–Kier alpha value is -0.860. The summed E-state index contributed by atoms with van der Waals surface area (Å²) in [5.41, 5.74) is 0. The van der Waals surface area contributed by atoms with Crippen molar-refractivity contribution in [1.82, 2.24) is 5.32 Å². The quantitative estimate of drug-likeness (QED) is 0.323. The minimum atomic E-state index is -0.0206. The summed E-state index contributed by atoms with van der Waals surface area (Å²) in [6.07, 6.45) is 17.8. The second-order valence-corrected chi connectivity index (χ2v) is 7.60. The van der Waals surface area contributed by atoms with E-state index < -0.39 is 0 Å². The lowest BCUT2D eigenvalue weighted by Gasteiger charge is -2.27. The molecular weight excluding hydrogens is 298 g/mol. The smallest absolute Gasteiger partial charge is 0.229 e. The number of carbonyl (C=O) groups excluding carboxylic acids is 2. The van der Waals surface area contributed by atoms with E-state index in [1.165, 1.54) is 64.2 Å². The van der Waals surface area contributed by atoms with Gasteiger partial charge in [0.05, 0.1) is 0 Å². The van der Waals surface area contributed by atoms with Crippen molar-refractivity contribution in [1.29, 1.82) is 0 Å². The van der Waals surface area contributed by atoms with Crippen LogP contribution in [0.25, 0.3) is 0 Å². The Morgan fingerprint density at radius 1 is 0.667 bits per heavy atom. The van der Waals surface area contributed by atoms with E-state index >= 15 is 0 Å². The summed E-state index contributed by atoms with van der Waals surface area (Å²) in [5.74, 6) is 0.0958. The average molecular weight is 338 g/mol. The van der Waals surface area contributed by atoms with Gasteiger partial charge in [0.2, 0.25) is 11.8 Å². The van der Waals surface area contributed by atoms with Gasteiger partial charge in [-0.3, -0.25) is 14.9 Å². The van der Waals surface area contributed by atoms with Crippen molar-refractivity contribution >= 4 is 11.8 Å². The molecule has 0 spiro atoms. The van der Waals surface area contributed by atoms with Crippen LogP contribution in [0, 0.1) is 11.8 Å². The lowest BCUT2D eigenvalue weighted by Crippen LogP contribution is -2.46. The van der Waals surface area contributed by atoms with Crippen molar-refractivity contribution in [2.75, 3.05) is 0 Å². The largest absolute Gasteiger partial charge is 0.296 e. The molecule has 1 saturated heterocycles. The van der Waals surface area contributed by atoms with Crippen molar-refractivity contribution in [3.05, 3.63) is 0 Å². The number of hydrogen-bond acceptors (Lipinski definition) is 2. The van der Waals surface area contributed by atoms with E-state index in [4.69, 9.17) is 0 Å². The highest BCUT2D eigenvalue weighted by Crippen LogP contribution is 2.27. The predicted octanol–water partition coefficient (Wildman–Crippen LogP) is 5.77. The third kappa shape index (κ3) is 8.84. The van der Waals surface area contributed by atoms with Crippen molar-refractivity contribution < 1.29 is 9.59 Å². The molecule has 1 heterocycles. The first-order valence-electron chi connectivity index (χ1n) is 10.5. The molecule has 2 atom stereocenters. The van der Waals surface area contributed by atoms with Gasteiger partial charge in [0.1, 0.15) is 0 Å². The fourth-order valence-corrected chi connectivity index (χ4v) is 3.72. The van der Waals surface area contributed by atoms with Crippen LogP contribution in [0.15, 0.2) is 0 Å². The van der Waals surface area contributed by atoms with Crippen LogP contribution in [0.1, 0.15) is 110 Å². The van der Waals surface area contributed by atoms with Gasteiger partial charge in [-0.15, -0.1) is 0 Å². The summed E-state index contributed by atoms with van der Waals surface area (Å²) >= 11 is 0. The zero-order valence-electron chi connectivity index (χ0n) is 16.1. The van der Waals surface area contributed by atoms with Crippen LogP contribution >= 0.6 is 0 Å². The highest BCUT2D eigenvalue weighted by atomic mass is 16.2. The lowest BCUT2D eigenvalue weighted by molar-refractivity contribution is -0.140. The molecule has 0 aliphatic carbocycles. The average Bonchev–Trinajstić information content (AvgIpc) is 2.57. The molecule has 0 aromatic heterocycles. The van der Waals surface area contributed by atoms with Gasteiger partial charge >= 0.3 is 0 Å². The van der Waals surface area contributed by atoms with Gasteiger partial charge in [-0.05, 0) is 19.3 Å². The number of amides is 2. The zero-order valence-corrected chi connectivity index (χ0v) is 16.1. The molecule has 1 aliphatic heterocycles. The minimum Gasteiger partial charge on any atom is -0.296 e. The van der Waals surface area contributed by atoms with Crippen molar-refractivity contribution in [3.63, 3.8) is 0 Å². The molecule has 0 aromatic rings. The van der Waals surface area contributed by atoms with Crippen molar-refractivity contribution in [2.45, 2.75) is 110 Å². The fraction of sp³-hybridized carbons (Fsp3) is 0.905. The summed E-state index contributed by atoms with van der Waals surface area (Å²) < 4.78 is 0. The van der Waals surface area contributed by atoms with Gasteiger partial charge in [0.15, 0.2) is 0 Å². The third-order valence-electron chi connectivity index (χ3n) is 5.37. The molecule has 0 saturated carbocycles. The third-order valence-corrected chi connectivity index (χ3v) is 5.37. The first kappa shape index (κ1) is 21.2. The van der Waals surface area contributed by atoms with E-state index in [1.54, 1.807) is 0 Å². The Morgan fingerprint density at radius 2 is 1.04 bits per heavy atom. The van der Waals surface area contributed by atoms with Gasteiger partial charge < -0.3 is 0 Å². The molecule has 3 nitrogen and oxygen atoms in total. The lowest BCUT2D eigenvalue weighted by atomic mass is 9.83. The zero-order chi connectivity index (χ0) is 17.6. The van der Waals surface area contributed by atoms with E-state index in [2.05, 4.69) is 19.2 Å². The maximum atomic E-state index is 12.0. The molecule has 24 heavy (non-hydrogen) atoms. The molecule has 1 rings (SSSR count). The van der Waals surface area contributed by atoms with E-state index in [0.717, 1.165) is 32.1 Å². The van der Waals surface area contributed by atoms with Crippen LogP contribution in [-0.4, -0.2) is 11.8 Å². The number of hydrogen-bond donors (Lipinski definition) is 1. The molecule has 2 unspecified atom stereocenters. The Morgan fingerprint density at radius 3 is 1.46 bits per heavy atom. The highest BCUT2D eigenvalue weighted by Gasteiger charge is 2.33. The monoisotopic (exact) mass is 337 g/mol. The second-order valence-electron chi connectivity index (χ2n) is 7.60. The minimum absolute atomic E-state index is 0.0206. The molecule has 1 aliphatic rings. The number of unbranched alkanes of at least 4 members (excludes halogenated alkanes) is 10. The van der Waals surface area contributed by atoms with Gasteiger partial charge in [-0.2, -0.15) is 0 Å². The molecule has 140 valence electrons. The van der Waals surface area contributed by atoms with Crippen LogP contribution in [0.2, 0.25) is 0 Å². The second kappa shape index (κ2) is 13.4. The molecule has 3 heteroatoms. The Bertz CT molecular complexity index is 322.